The number of aromatic nitrogens is 3. The molecule has 0 spiro atoms. The molecule has 0 aliphatic heterocycles. The summed E-state index contributed by atoms with van der Waals surface area (Å²) in [5, 5.41) is 2.30. The van der Waals surface area contributed by atoms with Gasteiger partial charge in [-0.2, -0.15) is 13.2 Å². The minimum Gasteiger partial charge on any atom is -0.348 e. The molecule has 2 heterocycles. The van der Waals surface area contributed by atoms with Crippen molar-refractivity contribution in [1.29, 1.82) is 0 Å². The molecule has 0 aliphatic rings. The Labute approximate surface area is 130 Å². The van der Waals surface area contributed by atoms with Crippen molar-refractivity contribution in [2.75, 3.05) is 0 Å². The topological polar surface area (TPSA) is 70.7 Å². The zero-order valence-corrected chi connectivity index (χ0v) is 11.9. The molecular weight excluding hydrogens is 309 g/mol. The van der Waals surface area contributed by atoms with E-state index in [4.69, 9.17) is 6.42 Å². The molecule has 2 rings (SSSR count). The van der Waals surface area contributed by atoms with Gasteiger partial charge in [0, 0.05) is 36.6 Å². The summed E-state index contributed by atoms with van der Waals surface area (Å²) in [6.45, 7) is 0. The van der Waals surface area contributed by atoms with Crippen LogP contribution < -0.4 is 5.32 Å². The Kier molecular flexibility index (Phi) is 5.01. The SMILES string of the molecule is C#CC[C@H](CC(F)(F)F)NC(=O)c1ccnc(-c2ncc[nH]2)c1. The first kappa shape index (κ1) is 16.5. The van der Waals surface area contributed by atoms with Crippen molar-refractivity contribution in [3.05, 3.63) is 36.3 Å². The van der Waals surface area contributed by atoms with Crippen molar-refractivity contribution in [2.24, 2.45) is 0 Å². The normalized spacial score (nSPS) is 12.4. The van der Waals surface area contributed by atoms with Crippen LogP contribution in [-0.2, 0) is 0 Å². The highest BCUT2D eigenvalue weighted by Crippen LogP contribution is 2.23. The molecule has 5 nitrogen and oxygen atoms in total. The summed E-state index contributed by atoms with van der Waals surface area (Å²) in [7, 11) is 0. The van der Waals surface area contributed by atoms with Crippen LogP contribution in [0.15, 0.2) is 30.7 Å². The first-order valence-electron chi connectivity index (χ1n) is 6.66. The van der Waals surface area contributed by atoms with Gasteiger partial charge in [-0.15, -0.1) is 12.3 Å². The van der Waals surface area contributed by atoms with Gasteiger partial charge in [0.15, 0.2) is 5.82 Å². The molecule has 0 saturated heterocycles. The largest absolute Gasteiger partial charge is 0.391 e. The van der Waals surface area contributed by atoms with Crippen LogP contribution in [0.3, 0.4) is 0 Å². The third-order valence-electron chi connectivity index (χ3n) is 2.94. The summed E-state index contributed by atoms with van der Waals surface area (Å²) < 4.78 is 37.5. The average molecular weight is 322 g/mol. The highest BCUT2D eigenvalue weighted by atomic mass is 19.4. The number of amides is 1. The van der Waals surface area contributed by atoms with Crippen molar-refractivity contribution in [1.82, 2.24) is 20.3 Å². The Bertz CT molecular complexity index is 704. The van der Waals surface area contributed by atoms with Crippen LogP contribution >= 0.6 is 0 Å². The summed E-state index contributed by atoms with van der Waals surface area (Å²) in [5.41, 5.74) is 0.586. The number of hydrogen-bond donors (Lipinski definition) is 2. The minimum atomic E-state index is -4.41. The lowest BCUT2D eigenvalue weighted by molar-refractivity contribution is -0.139. The predicted octanol–water partition coefficient (Wildman–Crippen LogP) is 2.55. The lowest BCUT2D eigenvalue weighted by Crippen LogP contribution is -2.38. The molecule has 0 aromatic carbocycles. The van der Waals surface area contributed by atoms with E-state index in [0.717, 1.165) is 0 Å². The van der Waals surface area contributed by atoms with E-state index in [9.17, 15) is 18.0 Å². The van der Waals surface area contributed by atoms with Gasteiger partial charge in [-0.3, -0.25) is 9.78 Å². The summed E-state index contributed by atoms with van der Waals surface area (Å²) in [5.74, 6) is 1.94. The van der Waals surface area contributed by atoms with Gasteiger partial charge in [0.2, 0.25) is 0 Å². The molecule has 2 aromatic rings. The second-order valence-corrected chi connectivity index (χ2v) is 4.77. The fraction of sp³-hybridized carbons (Fsp3) is 0.267. The lowest BCUT2D eigenvalue weighted by Gasteiger charge is -2.18. The molecular formula is C15H13F3N4O. The monoisotopic (exact) mass is 322 g/mol. The zero-order valence-electron chi connectivity index (χ0n) is 11.9. The maximum Gasteiger partial charge on any atom is 0.391 e. The molecule has 0 unspecified atom stereocenters. The number of hydrogen-bond acceptors (Lipinski definition) is 3. The third kappa shape index (κ3) is 4.85. The van der Waals surface area contributed by atoms with Gasteiger partial charge < -0.3 is 10.3 Å². The molecule has 120 valence electrons. The number of rotatable bonds is 5. The first-order chi connectivity index (χ1) is 10.9. The van der Waals surface area contributed by atoms with Crippen LogP contribution in [0.25, 0.3) is 11.5 Å². The summed E-state index contributed by atoms with van der Waals surface area (Å²) >= 11 is 0. The van der Waals surface area contributed by atoms with Crippen molar-refractivity contribution in [2.45, 2.75) is 25.1 Å². The van der Waals surface area contributed by atoms with Gasteiger partial charge in [0.1, 0.15) is 5.69 Å². The van der Waals surface area contributed by atoms with E-state index in [1.54, 1.807) is 6.20 Å². The Morgan fingerprint density at radius 1 is 1.39 bits per heavy atom. The quantitative estimate of drug-likeness (QED) is 0.831. The van der Waals surface area contributed by atoms with Crippen molar-refractivity contribution < 1.29 is 18.0 Å². The van der Waals surface area contributed by atoms with Crippen LogP contribution in [-0.4, -0.2) is 33.1 Å². The van der Waals surface area contributed by atoms with Crippen LogP contribution in [0.1, 0.15) is 23.2 Å². The van der Waals surface area contributed by atoms with Crippen LogP contribution in [0, 0.1) is 12.3 Å². The van der Waals surface area contributed by atoms with Crippen molar-refractivity contribution in [3.8, 4) is 23.9 Å². The number of halogens is 3. The molecule has 0 saturated carbocycles. The highest BCUT2D eigenvalue weighted by molar-refractivity contribution is 5.95. The smallest absolute Gasteiger partial charge is 0.348 e. The van der Waals surface area contributed by atoms with Crippen LogP contribution in [0.5, 0.6) is 0 Å². The molecule has 0 radical (unpaired) electrons. The van der Waals surface area contributed by atoms with Gasteiger partial charge in [0.25, 0.3) is 5.91 Å². The van der Waals surface area contributed by atoms with E-state index >= 15 is 0 Å². The van der Waals surface area contributed by atoms with E-state index < -0.39 is 24.5 Å². The summed E-state index contributed by atoms with van der Waals surface area (Å²) in [6, 6.07) is 1.67. The van der Waals surface area contributed by atoms with E-state index in [-0.39, 0.29) is 12.0 Å². The van der Waals surface area contributed by atoms with E-state index in [1.165, 1.54) is 24.5 Å². The van der Waals surface area contributed by atoms with Crippen LogP contribution in [0.2, 0.25) is 0 Å². The standard InChI is InChI=1S/C15H13F3N4O/c1-2-3-11(9-15(16,17)18)22-14(23)10-4-5-19-12(8-10)13-20-6-7-21-13/h1,4-8,11H,3,9H2,(H,20,21)(H,22,23)/t11-/m1/s1. The second-order valence-electron chi connectivity index (χ2n) is 4.77. The number of carbonyl (C=O) groups is 1. The number of aromatic amines is 1. The lowest BCUT2D eigenvalue weighted by atomic mass is 10.1. The Morgan fingerprint density at radius 3 is 2.78 bits per heavy atom. The zero-order chi connectivity index (χ0) is 16.9. The fourth-order valence-electron chi connectivity index (χ4n) is 1.97. The van der Waals surface area contributed by atoms with E-state index in [2.05, 4.69) is 26.2 Å². The second kappa shape index (κ2) is 6.96. The molecule has 23 heavy (non-hydrogen) atoms. The number of pyridine rings is 1. The number of carbonyl (C=O) groups excluding carboxylic acids is 1. The van der Waals surface area contributed by atoms with Crippen molar-refractivity contribution in [3.63, 3.8) is 0 Å². The van der Waals surface area contributed by atoms with E-state index in [0.29, 0.717) is 11.5 Å². The third-order valence-corrected chi connectivity index (χ3v) is 2.94. The number of nitrogens with zero attached hydrogens (tertiary/aromatic N) is 2. The number of imidazole rings is 1. The van der Waals surface area contributed by atoms with Gasteiger partial charge in [-0.25, -0.2) is 4.98 Å². The number of terminal acetylenes is 1. The van der Waals surface area contributed by atoms with Crippen LogP contribution in [0.4, 0.5) is 13.2 Å². The highest BCUT2D eigenvalue weighted by Gasteiger charge is 2.32. The number of nitrogens with one attached hydrogen (secondary N) is 2. The molecule has 1 amide bonds. The molecule has 0 aliphatic carbocycles. The molecule has 0 bridgehead atoms. The molecule has 8 heteroatoms. The van der Waals surface area contributed by atoms with Gasteiger partial charge in [0.05, 0.1) is 6.42 Å². The Hall–Kier alpha value is -2.82. The van der Waals surface area contributed by atoms with Gasteiger partial charge in [-0.05, 0) is 12.1 Å². The molecule has 2 aromatic heterocycles. The first-order valence-corrected chi connectivity index (χ1v) is 6.66. The van der Waals surface area contributed by atoms with E-state index in [1.807, 2.05) is 0 Å². The maximum absolute atomic E-state index is 12.5. The Morgan fingerprint density at radius 2 is 2.17 bits per heavy atom. The summed E-state index contributed by atoms with van der Waals surface area (Å²) in [6.07, 6.45) is 3.76. The number of alkyl halides is 3. The minimum absolute atomic E-state index is 0.176. The molecule has 1 atom stereocenters. The predicted molar refractivity (Wildman–Crippen MR) is 77.2 cm³/mol. The molecule has 2 N–H and O–H groups in total. The summed E-state index contributed by atoms with van der Waals surface area (Å²) in [4.78, 5) is 23.0. The Balaban J connectivity index is 2.13. The van der Waals surface area contributed by atoms with Gasteiger partial charge >= 0.3 is 6.18 Å². The number of H-pyrrole nitrogens is 1. The maximum atomic E-state index is 12.5. The van der Waals surface area contributed by atoms with Gasteiger partial charge in [-0.1, -0.05) is 0 Å². The fourth-order valence-corrected chi connectivity index (χ4v) is 1.97. The molecule has 0 fully saturated rings. The van der Waals surface area contributed by atoms with Crippen molar-refractivity contribution >= 4 is 5.91 Å². The average Bonchev–Trinajstić information content (AvgIpc) is 3.00.